The molecule has 1 unspecified atom stereocenters. The Morgan fingerprint density at radius 1 is 1.03 bits per heavy atom. The molecule has 156 valence electrons. The lowest BCUT2D eigenvalue weighted by Gasteiger charge is -2.38. The van der Waals surface area contributed by atoms with Crippen molar-refractivity contribution in [2.75, 3.05) is 7.11 Å². The molecule has 1 N–H and O–H groups in total. The van der Waals surface area contributed by atoms with E-state index in [0.717, 1.165) is 6.07 Å². The standard InChI is InChI=1S/C22H22F4O3/c1-20(2,17-11-15(23)8-9-19(17)28-3)13-21(27,22(24,25)26)12-16-10-14-6-4-5-7-18(14)29-16/h4-11,27H,12-13H2,1-3H3. The Morgan fingerprint density at radius 2 is 1.72 bits per heavy atom. The van der Waals surface area contributed by atoms with E-state index in [0.29, 0.717) is 11.0 Å². The Labute approximate surface area is 165 Å². The lowest BCUT2D eigenvalue weighted by Crippen LogP contribution is -2.50. The summed E-state index contributed by atoms with van der Waals surface area (Å²) in [5.74, 6) is -0.320. The van der Waals surface area contributed by atoms with Gasteiger partial charge in [-0.2, -0.15) is 13.2 Å². The van der Waals surface area contributed by atoms with Crippen molar-refractivity contribution in [1.29, 1.82) is 0 Å². The molecule has 0 aliphatic carbocycles. The summed E-state index contributed by atoms with van der Waals surface area (Å²) in [7, 11) is 1.36. The zero-order valence-corrected chi connectivity index (χ0v) is 16.3. The van der Waals surface area contributed by atoms with Gasteiger partial charge in [-0.25, -0.2) is 4.39 Å². The Morgan fingerprint density at radius 3 is 2.34 bits per heavy atom. The van der Waals surface area contributed by atoms with Crippen LogP contribution in [0.25, 0.3) is 11.0 Å². The SMILES string of the molecule is COc1ccc(F)cc1C(C)(C)CC(O)(Cc1cc2ccccc2o1)C(F)(F)F. The quantitative estimate of drug-likeness (QED) is 0.524. The summed E-state index contributed by atoms with van der Waals surface area (Å²) in [4.78, 5) is 0. The molecular weight excluding hydrogens is 388 g/mol. The molecule has 0 aliphatic heterocycles. The summed E-state index contributed by atoms with van der Waals surface area (Å²) in [5.41, 5.74) is -3.64. The fourth-order valence-electron chi connectivity index (χ4n) is 3.71. The summed E-state index contributed by atoms with van der Waals surface area (Å²) in [6.07, 6.45) is -6.39. The number of para-hydroxylation sites is 1. The van der Waals surface area contributed by atoms with Gasteiger partial charge in [-0.1, -0.05) is 32.0 Å². The van der Waals surface area contributed by atoms with Gasteiger partial charge >= 0.3 is 6.18 Å². The van der Waals surface area contributed by atoms with Crippen molar-refractivity contribution in [3.8, 4) is 5.75 Å². The molecule has 2 aromatic carbocycles. The first-order valence-corrected chi connectivity index (χ1v) is 9.06. The molecule has 3 nitrogen and oxygen atoms in total. The molecule has 29 heavy (non-hydrogen) atoms. The number of halogens is 4. The van der Waals surface area contributed by atoms with E-state index in [1.54, 1.807) is 24.3 Å². The maximum Gasteiger partial charge on any atom is 0.417 e. The summed E-state index contributed by atoms with van der Waals surface area (Å²) >= 11 is 0. The van der Waals surface area contributed by atoms with E-state index in [-0.39, 0.29) is 17.1 Å². The van der Waals surface area contributed by atoms with Gasteiger partial charge in [0.05, 0.1) is 7.11 Å². The summed E-state index contributed by atoms with van der Waals surface area (Å²) in [6, 6.07) is 12.0. The van der Waals surface area contributed by atoms with E-state index in [1.807, 2.05) is 0 Å². The van der Waals surface area contributed by atoms with Crippen LogP contribution in [0.1, 0.15) is 31.6 Å². The molecule has 0 aliphatic rings. The van der Waals surface area contributed by atoms with Crippen molar-refractivity contribution in [2.45, 2.75) is 43.9 Å². The van der Waals surface area contributed by atoms with Gasteiger partial charge in [0.25, 0.3) is 0 Å². The van der Waals surface area contributed by atoms with Crippen molar-refractivity contribution in [3.05, 3.63) is 65.7 Å². The van der Waals surface area contributed by atoms with Crippen molar-refractivity contribution >= 4 is 11.0 Å². The fourth-order valence-corrected chi connectivity index (χ4v) is 3.71. The van der Waals surface area contributed by atoms with E-state index in [9.17, 15) is 22.7 Å². The highest BCUT2D eigenvalue weighted by atomic mass is 19.4. The van der Waals surface area contributed by atoms with E-state index in [4.69, 9.17) is 9.15 Å². The van der Waals surface area contributed by atoms with Crippen LogP contribution in [0.3, 0.4) is 0 Å². The minimum Gasteiger partial charge on any atom is -0.496 e. The minimum atomic E-state index is -4.93. The molecule has 1 heterocycles. The number of furan rings is 1. The van der Waals surface area contributed by atoms with Crippen molar-refractivity contribution in [2.24, 2.45) is 0 Å². The van der Waals surface area contributed by atoms with Gasteiger partial charge in [0.15, 0.2) is 5.60 Å². The van der Waals surface area contributed by atoms with E-state index >= 15 is 0 Å². The van der Waals surface area contributed by atoms with Crippen LogP contribution in [0, 0.1) is 5.82 Å². The number of hydrogen-bond donors (Lipinski definition) is 1. The molecule has 0 bridgehead atoms. The lowest BCUT2D eigenvalue weighted by atomic mass is 9.73. The molecular formula is C22H22F4O3. The number of ether oxygens (including phenoxy) is 1. The molecule has 7 heteroatoms. The Kier molecular flexibility index (Phi) is 5.38. The van der Waals surface area contributed by atoms with Crippen molar-refractivity contribution in [3.63, 3.8) is 0 Å². The highest BCUT2D eigenvalue weighted by Gasteiger charge is 2.56. The second-order valence-corrected chi connectivity index (χ2v) is 7.86. The molecule has 3 aromatic rings. The molecule has 1 aromatic heterocycles. The van der Waals surface area contributed by atoms with Crippen LogP contribution in [-0.4, -0.2) is 24.0 Å². The Hall–Kier alpha value is -2.54. The molecule has 1 atom stereocenters. The van der Waals surface area contributed by atoms with Gasteiger partial charge < -0.3 is 14.3 Å². The van der Waals surface area contributed by atoms with E-state index < -0.39 is 35.9 Å². The Bertz CT molecular complexity index is 974. The van der Waals surface area contributed by atoms with E-state index in [2.05, 4.69) is 0 Å². The summed E-state index contributed by atoms with van der Waals surface area (Å²) < 4.78 is 66.4. The first-order valence-electron chi connectivity index (χ1n) is 9.06. The minimum absolute atomic E-state index is 0.0213. The van der Waals surface area contributed by atoms with Gasteiger partial charge in [-0.05, 0) is 42.2 Å². The molecule has 3 rings (SSSR count). The average Bonchev–Trinajstić information content (AvgIpc) is 3.02. The predicted octanol–water partition coefficient (Wildman–Crippen LogP) is 5.78. The van der Waals surface area contributed by atoms with Gasteiger partial charge in [-0.3, -0.25) is 0 Å². The van der Waals surface area contributed by atoms with Crippen molar-refractivity contribution in [1.82, 2.24) is 0 Å². The first-order chi connectivity index (χ1) is 13.4. The number of alkyl halides is 3. The fraction of sp³-hybridized carbons (Fsp3) is 0.364. The topological polar surface area (TPSA) is 42.6 Å². The second-order valence-electron chi connectivity index (χ2n) is 7.86. The van der Waals surface area contributed by atoms with Crippen LogP contribution in [0.15, 0.2) is 52.9 Å². The normalized spacial score (nSPS) is 14.8. The highest BCUT2D eigenvalue weighted by Crippen LogP contribution is 2.45. The maximum absolute atomic E-state index is 14.0. The van der Waals surface area contributed by atoms with Gasteiger partial charge in [0.1, 0.15) is 22.9 Å². The number of fused-ring (bicyclic) bond motifs is 1. The maximum atomic E-state index is 14.0. The van der Waals surface area contributed by atoms with Gasteiger partial charge in [0.2, 0.25) is 0 Å². The first kappa shape index (κ1) is 21.2. The third-order valence-corrected chi connectivity index (χ3v) is 5.10. The lowest BCUT2D eigenvalue weighted by molar-refractivity contribution is -0.267. The zero-order valence-electron chi connectivity index (χ0n) is 16.3. The number of aliphatic hydroxyl groups is 1. The average molecular weight is 410 g/mol. The molecule has 0 saturated carbocycles. The van der Waals surface area contributed by atoms with Crippen LogP contribution < -0.4 is 4.74 Å². The molecule has 0 radical (unpaired) electrons. The molecule has 0 fully saturated rings. The predicted molar refractivity (Wildman–Crippen MR) is 102 cm³/mol. The highest BCUT2D eigenvalue weighted by molar-refractivity contribution is 5.77. The molecule has 0 spiro atoms. The largest absolute Gasteiger partial charge is 0.496 e. The number of benzene rings is 2. The third kappa shape index (κ3) is 4.24. The summed E-state index contributed by atoms with van der Waals surface area (Å²) in [6.45, 7) is 3.03. The smallest absolute Gasteiger partial charge is 0.417 e. The summed E-state index contributed by atoms with van der Waals surface area (Å²) in [5, 5.41) is 11.4. The van der Waals surface area contributed by atoms with E-state index in [1.165, 1.54) is 39.2 Å². The number of rotatable bonds is 6. The number of methoxy groups -OCH3 is 1. The van der Waals surface area contributed by atoms with Gasteiger partial charge in [0, 0.05) is 17.4 Å². The zero-order chi connectivity index (χ0) is 21.4. The van der Waals surface area contributed by atoms with Crippen LogP contribution in [0.2, 0.25) is 0 Å². The third-order valence-electron chi connectivity index (χ3n) is 5.10. The van der Waals surface area contributed by atoms with Crippen LogP contribution in [-0.2, 0) is 11.8 Å². The second kappa shape index (κ2) is 7.37. The number of hydrogen-bond acceptors (Lipinski definition) is 3. The van der Waals surface area contributed by atoms with Crippen LogP contribution in [0.4, 0.5) is 17.6 Å². The van der Waals surface area contributed by atoms with Gasteiger partial charge in [-0.15, -0.1) is 0 Å². The Balaban J connectivity index is 1.99. The molecule has 0 saturated heterocycles. The van der Waals surface area contributed by atoms with Crippen LogP contribution >= 0.6 is 0 Å². The monoisotopic (exact) mass is 410 g/mol. The van der Waals surface area contributed by atoms with Crippen molar-refractivity contribution < 1.29 is 31.8 Å². The van der Waals surface area contributed by atoms with Crippen LogP contribution in [0.5, 0.6) is 5.75 Å². The molecule has 0 amide bonds.